The van der Waals surface area contributed by atoms with Gasteiger partial charge in [0.25, 0.3) is 5.91 Å². The molecule has 0 aliphatic rings. The van der Waals surface area contributed by atoms with Gasteiger partial charge in [0.1, 0.15) is 5.82 Å². The molecule has 0 fully saturated rings. The molecule has 8 heteroatoms. The van der Waals surface area contributed by atoms with E-state index in [4.69, 9.17) is 10.8 Å². The molecule has 0 aliphatic heterocycles. The molecule has 1 amide bonds. The topological polar surface area (TPSA) is 102 Å². The van der Waals surface area contributed by atoms with Crippen molar-refractivity contribution in [2.24, 2.45) is 5.73 Å². The number of rotatable bonds is 1. The van der Waals surface area contributed by atoms with Gasteiger partial charge < -0.3 is 16.6 Å². The SMILES string of the molecule is CC(O)(C(N)=O)C(F)(F)F.Nc1ccccn1. The monoisotopic (exact) mass is 251 g/mol. The summed E-state index contributed by atoms with van der Waals surface area (Å²) in [6.07, 6.45) is -3.34. The Hall–Kier alpha value is -1.83. The summed E-state index contributed by atoms with van der Waals surface area (Å²) in [7, 11) is 0. The van der Waals surface area contributed by atoms with Crippen molar-refractivity contribution in [3.8, 4) is 0 Å². The van der Waals surface area contributed by atoms with E-state index in [2.05, 4.69) is 10.7 Å². The minimum absolute atomic E-state index is 0.301. The molecule has 17 heavy (non-hydrogen) atoms. The predicted molar refractivity (Wildman–Crippen MR) is 54.5 cm³/mol. The molecule has 0 spiro atoms. The van der Waals surface area contributed by atoms with Gasteiger partial charge in [-0.1, -0.05) is 6.07 Å². The number of hydrogen-bond acceptors (Lipinski definition) is 4. The quantitative estimate of drug-likeness (QED) is 0.674. The van der Waals surface area contributed by atoms with Crippen molar-refractivity contribution in [3.63, 3.8) is 0 Å². The van der Waals surface area contributed by atoms with Crippen LogP contribution in [0, 0.1) is 0 Å². The van der Waals surface area contributed by atoms with Gasteiger partial charge in [0.05, 0.1) is 0 Å². The third-order valence-corrected chi connectivity index (χ3v) is 1.72. The van der Waals surface area contributed by atoms with Gasteiger partial charge in [-0.15, -0.1) is 0 Å². The number of amides is 1. The molecule has 1 rings (SSSR count). The van der Waals surface area contributed by atoms with E-state index in [0.717, 1.165) is 0 Å². The highest BCUT2D eigenvalue weighted by atomic mass is 19.4. The number of hydrogen-bond donors (Lipinski definition) is 3. The zero-order valence-corrected chi connectivity index (χ0v) is 8.90. The molecule has 1 aromatic heterocycles. The van der Waals surface area contributed by atoms with E-state index in [1.165, 1.54) is 0 Å². The summed E-state index contributed by atoms with van der Waals surface area (Å²) < 4.78 is 34.6. The number of aliphatic hydroxyl groups is 1. The van der Waals surface area contributed by atoms with Gasteiger partial charge in [-0.3, -0.25) is 4.79 Å². The molecule has 0 aliphatic carbocycles. The van der Waals surface area contributed by atoms with Crippen LogP contribution in [0.4, 0.5) is 19.0 Å². The van der Waals surface area contributed by atoms with Gasteiger partial charge in [0.2, 0.25) is 5.60 Å². The highest BCUT2D eigenvalue weighted by Gasteiger charge is 2.54. The Morgan fingerprint density at radius 2 is 1.94 bits per heavy atom. The van der Waals surface area contributed by atoms with Crippen LogP contribution in [0.1, 0.15) is 6.92 Å². The maximum absolute atomic E-state index is 11.5. The highest BCUT2D eigenvalue weighted by molar-refractivity contribution is 5.83. The molecule has 96 valence electrons. The third-order valence-electron chi connectivity index (χ3n) is 1.72. The van der Waals surface area contributed by atoms with Crippen LogP contribution in [-0.2, 0) is 4.79 Å². The second-order valence-electron chi connectivity index (χ2n) is 3.19. The number of carbonyl (C=O) groups excluding carboxylic acids is 1. The number of nitrogens with zero attached hydrogens (tertiary/aromatic N) is 1. The van der Waals surface area contributed by atoms with Crippen LogP contribution in [0.2, 0.25) is 0 Å². The van der Waals surface area contributed by atoms with E-state index in [-0.39, 0.29) is 0 Å². The van der Waals surface area contributed by atoms with Crippen LogP contribution >= 0.6 is 0 Å². The van der Waals surface area contributed by atoms with Gasteiger partial charge in [-0.05, 0) is 19.1 Å². The normalized spacial score (nSPS) is 14.2. The number of pyridine rings is 1. The first-order valence-electron chi connectivity index (χ1n) is 4.34. The molecule has 1 aromatic rings. The molecule has 0 saturated carbocycles. The van der Waals surface area contributed by atoms with E-state index in [1.54, 1.807) is 12.3 Å². The third kappa shape index (κ3) is 4.68. The number of nitrogen functional groups attached to an aromatic ring is 1. The summed E-state index contributed by atoms with van der Waals surface area (Å²) >= 11 is 0. The van der Waals surface area contributed by atoms with Crippen molar-refractivity contribution < 1.29 is 23.1 Å². The smallest absolute Gasteiger partial charge is 0.384 e. The first kappa shape index (κ1) is 15.2. The summed E-state index contributed by atoms with van der Waals surface area (Å²) in [4.78, 5) is 13.7. The van der Waals surface area contributed by atoms with Gasteiger partial charge in [0.15, 0.2) is 0 Å². The average molecular weight is 251 g/mol. The van der Waals surface area contributed by atoms with E-state index in [0.29, 0.717) is 12.7 Å². The van der Waals surface area contributed by atoms with Crippen molar-refractivity contribution in [1.82, 2.24) is 4.98 Å². The number of alkyl halides is 3. The van der Waals surface area contributed by atoms with E-state index < -0.39 is 17.7 Å². The van der Waals surface area contributed by atoms with Gasteiger partial charge in [0, 0.05) is 6.20 Å². The lowest BCUT2D eigenvalue weighted by Gasteiger charge is -2.21. The van der Waals surface area contributed by atoms with Gasteiger partial charge in [-0.2, -0.15) is 13.2 Å². The Labute approximate surface area is 95.2 Å². The molecule has 1 heterocycles. The molecule has 5 N–H and O–H groups in total. The maximum atomic E-state index is 11.5. The molecule has 1 atom stereocenters. The number of carbonyl (C=O) groups is 1. The second-order valence-corrected chi connectivity index (χ2v) is 3.19. The fraction of sp³-hybridized carbons (Fsp3) is 0.333. The number of primary amides is 1. The van der Waals surface area contributed by atoms with Crippen LogP contribution in [-0.4, -0.2) is 27.8 Å². The number of nitrogens with two attached hydrogens (primary N) is 2. The lowest BCUT2D eigenvalue weighted by Crippen LogP contribution is -2.52. The van der Waals surface area contributed by atoms with Crippen LogP contribution in [0.5, 0.6) is 0 Å². The fourth-order valence-electron chi connectivity index (χ4n) is 0.516. The first-order valence-corrected chi connectivity index (χ1v) is 4.34. The Bertz CT molecular complexity index is 365. The predicted octanol–water partition coefficient (Wildman–Crippen LogP) is 0.449. The standard InChI is InChI=1S/C5H6N2.C4H6F3NO2/c6-5-3-1-2-4-7-5;1-3(10,2(8)9)4(5,6)7/h1-4H,(H2,6,7);10H,1H3,(H2,8,9). The minimum atomic E-state index is -5.00. The van der Waals surface area contributed by atoms with Crippen molar-refractivity contribution in [2.75, 3.05) is 5.73 Å². The maximum Gasteiger partial charge on any atom is 0.426 e. The van der Waals surface area contributed by atoms with Crippen LogP contribution in [0.25, 0.3) is 0 Å². The number of anilines is 1. The zero-order valence-electron chi connectivity index (χ0n) is 8.90. The van der Waals surface area contributed by atoms with Crippen LogP contribution in [0.15, 0.2) is 24.4 Å². The van der Waals surface area contributed by atoms with Gasteiger partial charge >= 0.3 is 6.18 Å². The molecule has 0 bridgehead atoms. The Morgan fingerprint density at radius 1 is 1.41 bits per heavy atom. The molecule has 0 radical (unpaired) electrons. The molecule has 1 unspecified atom stereocenters. The zero-order chi connectivity index (χ0) is 13.7. The largest absolute Gasteiger partial charge is 0.426 e. The Balaban J connectivity index is 0.000000318. The molecule has 0 saturated heterocycles. The summed E-state index contributed by atoms with van der Waals surface area (Å²) in [6, 6.07) is 5.43. The summed E-state index contributed by atoms with van der Waals surface area (Å²) in [5, 5.41) is 8.33. The summed E-state index contributed by atoms with van der Waals surface area (Å²) in [5.41, 5.74) is 6.07. The van der Waals surface area contributed by atoms with E-state index >= 15 is 0 Å². The second kappa shape index (κ2) is 5.48. The first-order chi connectivity index (χ1) is 7.59. The van der Waals surface area contributed by atoms with E-state index in [9.17, 15) is 18.0 Å². The Morgan fingerprint density at radius 3 is 2.06 bits per heavy atom. The van der Waals surface area contributed by atoms with E-state index in [1.807, 2.05) is 12.1 Å². The van der Waals surface area contributed by atoms with Crippen molar-refractivity contribution in [3.05, 3.63) is 24.4 Å². The Kier molecular flexibility index (Phi) is 4.89. The van der Waals surface area contributed by atoms with Gasteiger partial charge in [-0.25, -0.2) is 4.98 Å². The lowest BCUT2D eigenvalue weighted by molar-refractivity contribution is -0.243. The van der Waals surface area contributed by atoms with Crippen molar-refractivity contribution in [1.29, 1.82) is 0 Å². The highest BCUT2D eigenvalue weighted by Crippen LogP contribution is 2.29. The minimum Gasteiger partial charge on any atom is -0.384 e. The van der Waals surface area contributed by atoms with Crippen LogP contribution in [0.3, 0.4) is 0 Å². The molecular formula is C9H12F3N3O2. The van der Waals surface area contributed by atoms with Crippen LogP contribution < -0.4 is 11.5 Å². The van der Waals surface area contributed by atoms with Crippen molar-refractivity contribution in [2.45, 2.75) is 18.7 Å². The lowest BCUT2D eigenvalue weighted by atomic mass is 10.1. The summed E-state index contributed by atoms with van der Waals surface area (Å²) in [5.74, 6) is -1.23. The number of aromatic nitrogens is 1. The summed E-state index contributed by atoms with van der Waals surface area (Å²) in [6.45, 7) is 0.301. The van der Waals surface area contributed by atoms with Crippen molar-refractivity contribution >= 4 is 11.7 Å². The average Bonchev–Trinajstić information content (AvgIpc) is 2.17. The fourth-order valence-corrected chi connectivity index (χ4v) is 0.516. The number of halogens is 3. The molecule has 0 aromatic carbocycles. The molecule has 5 nitrogen and oxygen atoms in total. The molecular weight excluding hydrogens is 239 g/mol.